The maximum Gasteiger partial charge on any atom is 0.0945 e. The lowest BCUT2D eigenvalue weighted by Crippen LogP contribution is -2.36. The van der Waals surface area contributed by atoms with E-state index >= 15 is 0 Å². The van der Waals surface area contributed by atoms with Crippen LogP contribution in [-0.4, -0.2) is 47.7 Å². The topological polar surface area (TPSA) is 33.1 Å². The molecule has 1 atom stereocenters. The zero-order chi connectivity index (χ0) is 11.1. The minimum Gasteiger partial charge on any atom is -0.337 e. The lowest BCUT2D eigenvalue weighted by atomic mass is 10.3. The third-order valence-corrected chi connectivity index (χ3v) is 2.28. The van der Waals surface area contributed by atoms with Crippen molar-refractivity contribution in [2.45, 2.75) is 25.9 Å². The highest BCUT2D eigenvalue weighted by molar-refractivity contribution is 4.74. The van der Waals surface area contributed by atoms with Crippen molar-refractivity contribution in [3.63, 3.8) is 0 Å². The van der Waals surface area contributed by atoms with E-state index in [9.17, 15) is 0 Å². The molecule has 0 amide bonds. The molecule has 0 saturated heterocycles. The average molecular weight is 210 g/mol. The van der Waals surface area contributed by atoms with E-state index in [-0.39, 0.29) is 0 Å². The first-order chi connectivity index (χ1) is 7.18. The summed E-state index contributed by atoms with van der Waals surface area (Å²) in [5.74, 6) is 0. The highest BCUT2D eigenvalue weighted by Gasteiger charge is 2.01. The van der Waals surface area contributed by atoms with E-state index < -0.39 is 0 Å². The van der Waals surface area contributed by atoms with Gasteiger partial charge in [-0.3, -0.25) is 0 Å². The number of aromatic nitrogens is 2. The minimum atomic E-state index is 0.558. The molecule has 0 saturated carbocycles. The maximum atomic E-state index is 4.01. The van der Waals surface area contributed by atoms with Crippen molar-refractivity contribution in [2.75, 3.05) is 27.2 Å². The van der Waals surface area contributed by atoms with E-state index in [0.717, 1.165) is 26.1 Å². The Morgan fingerprint density at radius 1 is 1.47 bits per heavy atom. The van der Waals surface area contributed by atoms with Crippen molar-refractivity contribution in [1.82, 2.24) is 19.8 Å². The summed E-state index contributed by atoms with van der Waals surface area (Å²) in [6.45, 7) is 5.41. The van der Waals surface area contributed by atoms with Gasteiger partial charge in [-0.05, 0) is 34.0 Å². The van der Waals surface area contributed by atoms with Crippen molar-refractivity contribution >= 4 is 0 Å². The lowest BCUT2D eigenvalue weighted by molar-refractivity contribution is 0.347. The third-order valence-electron chi connectivity index (χ3n) is 2.28. The Kier molecular flexibility index (Phi) is 5.36. The molecule has 86 valence electrons. The molecular formula is C11H22N4. The van der Waals surface area contributed by atoms with Crippen LogP contribution >= 0.6 is 0 Å². The number of aryl methyl sites for hydroxylation is 1. The molecule has 1 heterocycles. The van der Waals surface area contributed by atoms with Crippen LogP contribution in [0.15, 0.2) is 18.7 Å². The molecule has 0 radical (unpaired) electrons. The van der Waals surface area contributed by atoms with E-state index in [1.165, 1.54) is 0 Å². The van der Waals surface area contributed by atoms with Crippen LogP contribution in [0.4, 0.5) is 0 Å². The van der Waals surface area contributed by atoms with Gasteiger partial charge in [0.25, 0.3) is 0 Å². The fourth-order valence-electron chi connectivity index (χ4n) is 1.64. The average Bonchev–Trinajstić information content (AvgIpc) is 2.63. The summed E-state index contributed by atoms with van der Waals surface area (Å²) >= 11 is 0. The summed E-state index contributed by atoms with van der Waals surface area (Å²) in [7, 11) is 4.20. The van der Waals surface area contributed by atoms with Gasteiger partial charge in [0.15, 0.2) is 0 Å². The molecule has 1 aromatic rings. The molecule has 0 bridgehead atoms. The van der Waals surface area contributed by atoms with Crippen LogP contribution in [0, 0.1) is 0 Å². The smallest absolute Gasteiger partial charge is 0.0945 e. The van der Waals surface area contributed by atoms with E-state index in [1.54, 1.807) is 0 Å². The van der Waals surface area contributed by atoms with Gasteiger partial charge in [-0.15, -0.1) is 0 Å². The molecule has 4 nitrogen and oxygen atoms in total. The van der Waals surface area contributed by atoms with Crippen molar-refractivity contribution in [3.8, 4) is 0 Å². The zero-order valence-corrected chi connectivity index (χ0v) is 9.98. The maximum absolute atomic E-state index is 4.01. The molecule has 0 spiro atoms. The van der Waals surface area contributed by atoms with Crippen LogP contribution < -0.4 is 5.32 Å². The van der Waals surface area contributed by atoms with Gasteiger partial charge in [0.05, 0.1) is 6.33 Å². The van der Waals surface area contributed by atoms with Gasteiger partial charge >= 0.3 is 0 Å². The molecule has 15 heavy (non-hydrogen) atoms. The number of hydrogen-bond donors (Lipinski definition) is 1. The van der Waals surface area contributed by atoms with E-state index in [0.29, 0.717) is 6.04 Å². The van der Waals surface area contributed by atoms with E-state index in [2.05, 4.69) is 40.8 Å². The van der Waals surface area contributed by atoms with Crippen LogP contribution in [0.1, 0.15) is 13.3 Å². The van der Waals surface area contributed by atoms with Gasteiger partial charge in [-0.1, -0.05) is 0 Å². The first kappa shape index (κ1) is 12.2. The van der Waals surface area contributed by atoms with Gasteiger partial charge in [0.1, 0.15) is 0 Å². The minimum absolute atomic E-state index is 0.558. The molecule has 1 aromatic heterocycles. The van der Waals surface area contributed by atoms with Crippen LogP contribution in [-0.2, 0) is 6.54 Å². The molecule has 0 fully saturated rings. The van der Waals surface area contributed by atoms with E-state index in [4.69, 9.17) is 0 Å². The van der Waals surface area contributed by atoms with Crippen LogP contribution in [0.5, 0.6) is 0 Å². The summed E-state index contributed by atoms with van der Waals surface area (Å²) in [5, 5.41) is 3.50. The number of hydrogen-bond acceptors (Lipinski definition) is 3. The third kappa shape index (κ3) is 5.54. The summed E-state index contributed by atoms with van der Waals surface area (Å²) in [6, 6.07) is 0.558. The number of nitrogens with one attached hydrogen (secondary N) is 1. The number of likely N-dealkylation sites (N-methyl/N-ethyl adjacent to an activating group) is 1. The van der Waals surface area contributed by atoms with Gasteiger partial charge in [0, 0.05) is 31.5 Å². The number of rotatable bonds is 7. The zero-order valence-electron chi connectivity index (χ0n) is 9.98. The molecule has 4 heteroatoms. The molecule has 1 rings (SSSR count). The van der Waals surface area contributed by atoms with Crippen LogP contribution in [0.3, 0.4) is 0 Å². The second-order valence-corrected chi connectivity index (χ2v) is 4.27. The van der Waals surface area contributed by atoms with Gasteiger partial charge in [0.2, 0.25) is 0 Å². The molecule has 0 aliphatic carbocycles. The molecule has 0 aromatic carbocycles. The van der Waals surface area contributed by atoms with Crippen molar-refractivity contribution in [1.29, 1.82) is 0 Å². The Balaban J connectivity index is 2.01. The fraction of sp³-hybridized carbons (Fsp3) is 0.727. The first-order valence-electron chi connectivity index (χ1n) is 5.52. The largest absolute Gasteiger partial charge is 0.337 e. The summed E-state index contributed by atoms with van der Waals surface area (Å²) in [4.78, 5) is 6.21. The van der Waals surface area contributed by atoms with Crippen molar-refractivity contribution < 1.29 is 0 Å². The monoisotopic (exact) mass is 210 g/mol. The first-order valence-corrected chi connectivity index (χ1v) is 5.52. The Morgan fingerprint density at radius 3 is 2.87 bits per heavy atom. The Hall–Kier alpha value is -0.870. The second kappa shape index (κ2) is 6.58. The Labute approximate surface area is 92.3 Å². The van der Waals surface area contributed by atoms with E-state index in [1.807, 2.05) is 18.7 Å². The molecule has 1 N–H and O–H groups in total. The predicted octanol–water partition coefficient (Wildman–Crippen LogP) is 0.813. The summed E-state index contributed by atoms with van der Waals surface area (Å²) in [5.41, 5.74) is 0. The summed E-state index contributed by atoms with van der Waals surface area (Å²) < 4.78 is 2.11. The Morgan fingerprint density at radius 2 is 2.27 bits per heavy atom. The van der Waals surface area contributed by atoms with Crippen LogP contribution in [0.25, 0.3) is 0 Å². The van der Waals surface area contributed by atoms with Gasteiger partial charge in [-0.25, -0.2) is 4.98 Å². The molecule has 0 aliphatic rings. The van der Waals surface area contributed by atoms with Gasteiger partial charge in [-0.2, -0.15) is 0 Å². The standard InChI is InChI=1S/C11H22N4/c1-11(9-14(2)3)13-5-4-7-15-8-6-12-10-15/h6,8,10-11,13H,4-5,7,9H2,1-3H3. The normalized spacial score (nSPS) is 13.3. The SMILES string of the molecule is CC(CN(C)C)NCCCn1ccnc1. The molecular weight excluding hydrogens is 188 g/mol. The predicted molar refractivity (Wildman–Crippen MR) is 62.9 cm³/mol. The number of imidazole rings is 1. The summed E-state index contributed by atoms with van der Waals surface area (Å²) in [6.07, 6.45) is 6.84. The molecule has 0 aliphatic heterocycles. The quantitative estimate of drug-likeness (QED) is 0.676. The highest BCUT2D eigenvalue weighted by Crippen LogP contribution is 1.91. The highest BCUT2D eigenvalue weighted by atomic mass is 15.1. The second-order valence-electron chi connectivity index (χ2n) is 4.27. The lowest BCUT2D eigenvalue weighted by Gasteiger charge is -2.18. The van der Waals surface area contributed by atoms with Crippen molar-refractivity contribution in [2.24, 2.45) is 0 Å². The van der Waals surface area contributed by atoms with Gasteiger partial charge < -0.3 is 14.8 Å². The fourth-order valence-corrected chi connectivity index (χ4v) is 1.64. The molecule has 1 unspecified atom stereocenters. The number of nitrogens with zero attached hydrogens (tertiary/aromatic N) is 3. The van der Waals surface area contributed by atoms with Crippen molar-refractivity contribution in [3.05, 3.63) is 18.7 Å². The van der Waals surface area contributed by atoms with Crippen LogP contribution in [0.2, 0.25) is 0 Å². The Bertz CT molecular complexity index is 243.